The van der Waals surface area contributed by atoms with Gasteiger partial charge in [-0.15, -0.1) is 0 Å². The molecule has 0 bridgehead atoms. The molecule has 110 valence electrons. The van der Waals surface area contributed by atoms with Gasteiger partial charge in [-0.1, -0.05) is 11.6 Å². The van der Waals surface area contributed by atoms with Crippen LogP contribution in [0.5, 0.6) is 0 Å². The molecule has 0 heterocycles. The normalized spacial score (nSPS) is 11.8. The van der Waals surface area contributed by atoms with E-state index in [0.29, 0.717) is 11.4 Å². The summed E-state index contributed by atoms with van der Waals surface area (Å²) in [5.74, 6) is -1.20. The molecule has 0 aliphatic carbocycles. The molecular formula is C15H13ClF2N2O. The van der Waals surface area contributed by atoms with Crippen molar-refractivity contribution in [1.82, 2.24) is 0 Å². The zero-order valence-corrected chi connectivity index (χ0v) is 11.9. The predicted octanol–water partition coefficient (Wildman–Crippen LogP) is 4.06. The molecular weight excluding hydrogens is 298 g/mol. The summed E-state index contributed by atoms with van der Waals surface area (Å²) in [4.78, 5) is 12.0. The van der Waals surface area contributed by atoms with E-state index in [-0.39, 0.29) is 16.7 Å². The van der Waals surface area contributed by atoms with Gasteiger partial charge in [0.25, 0.3) is 0 Å². The Kier molecular flexibility index (Phi) is 4.75. The third-order valence-electron chi connectivity index (χ3n) is 2.81. The molecule has 6 heteroatoms. The first-order valence-electron chi connectivity index (χ1n) is 6.24. The third-order valence-corrected chi connectivity index (χ3v) is 3.10. The molecule has 2 aromatic rings. The molecule has 0 aliphatic rings. The number of carbonyl (C=O) groups is 1. The average molecular weight is 311 g/mol. The fourth-order valence-corrected chi connectivity index (χ4v) is 1.87. The Morgan fingerprint density at radius 1 is 1.10 bits per heavy atom. The van der Waals surface area contributed by atoms with E-state index < -0.39 is 11.9 Å². The number of hydrogen-bond acceptors (Lipinski definition) is 2. The van der Waals surface area contributed by atoms with E-state index in [1.807, 2.05) is 0 Å². The predicted molar refractivity (Wildman–Crippen MR) is 79.5 cm³/mol. The minimum Gasteiger partial charge on any atom is -0.374 e. The lowest BCUT2D eigenvalue weighted by Crippen LogP contribution is -2.31. The lowest BCUT2D eigenvalue weighted by Gasteiger charge is -2.15. The van der Waals surface area contributed by atoms with Crippen LogP contribution in [0.3, 0.4) is 0 Å². The third kappa shape index (κ3) is 4.16. The fraction of sp³-hybridized carbons (Fsp3) is 0.133. The second-order valence-electron chi connectivity index (χ2n) is 4.49. The molecule has 2 rings (SSSR count). The molecule has 1 amide bonds. The van der Waals surface area contributed by atoms with Crippen LogP contribution in [0.1, 0.15) is 6.92 Å². The summed E-state index contributed by atoms with van der Waals surface area (Å²) in [6.45, 7) is 1.65. The Bertz CT molecular complexity index is 647. The highest BCUT2D eigenvalue weighted by molar-refractivity contribution is 6.31. The van der Waals surface area contributed by atoms with Crippen LogP contribution in [0, 0.1) is 11.6 Å². The van der Waals surface area contributed by atoms with Crippen molar-refractivity contribution in [1.29, 1.82) is 0 Å². The topological polar surface area (TPSA) is 41.1 Å². The van der Waals surface area contributed by atoms with Gasteiger partial charge in [-0.05, 0) is 49.4 Å². The van der Waals surface area contributed by atoms with Gasteiger partial charge in [-0.2, -0.15) is 0 Å². The van der Waals surface area contributed by atoms with Gasteiger partial charge in [-0.3, -0.25) is 4.79 Å². The van der Waals surface area contributed by atoms with Crippen LogP contribution in [-0.4, -0.2) is 11.9 Å². The van der Waals surface area contributed by atoms with Crippen LogP contribution in [0.15, 0.2) is 42.5 Å². The average Bonchev–Trinajstić information content (AvgIpc) is 2.45. The SMILES string of the molecule is C[C@@H](Nc1ccc(F)c(Cl)c1)C(=O)Nc1ccc(F)cc1. The number of halogens is 3. The Hall–Kier alpha value is -2.14. The summed E-state index contributed by atoms with van der Waals surface area (Å²) >= 11 is 5.67. The second-order valence-corrected chi connectivity index (χ2v) is 4.90. The minimum absolute atomic E-state index is 0.0221. The maximum Gasteiger partial charge on any atom is 0.246 e. The number of rotatable bonds is 4. The van der Waals surface area contributed by atoms with Crippen molar-refractivity contribution in [2.45, 2.75) is 13.0 Å². The number of nitrogens with one attached hydrogen (secondary N) is 2. The highest BCUT2D eigenvalue weighted by Gasteiger charge is 2.13. The Morgan fingerprint density at radius 2 is 1.71 bits per heavy atom. The second kappa shape index (κ2) is 6.54. The smallest absolute Gasteiger partial charge is 0.246 e. The first-order valence-corrected chi connectivity index (χ1v) is 6.61. The quantitative estimate of drug-likeness (QED) is 0.894. The molecule has 0 aliphatic heterocycles. The van der Waals surface area contributed by atoms with E-state index in [9.17, 15) is 13.6 Å². The Labute approximate surface area is 125 Å². The van der Waals surface area contributed by atoms with Crippen molar-refractivity contribution in [2.24, 2.45) is 0 Å². The van der Waals surface area contributed by atoms with E-state index in [0.717, 1.165) is 0 Å². The number of hydrogen-bond donors (Lipinski definition) is 2. The van der Waals surface area contributed by atoms with Crippen LogP contribution >= 0.6 is 11.6 Å². The zero-order valence-electron chi connectivity index (χ0n) is 11.2. The Balaban J connectivity index is 1.98. The molecule has 2 N–H and O–H groups in total. The van der Waals surface area contributed by atoms with Gasteiger partial charge >= 0.3 is 0 Å². The number of amides is 1. The summed E-state index contributed by atoms with van der Waals surface area (Å²) in [5.41, 5.74) is 1.02. The molecule has 0 radical (unpaired) electrons. The fourth-order valence-electron chi connectivity index (χ4n) is 1.69. The summed E-state index contributed by atoms with van der Waals surface area (Å²) in [6, 6.07) is 8.98. The molecule has 0 spiro atoms. The summed E-state index contributed by atoms with van der Waals surface area (Å²) in [5, 5.41) is 5.52. The van der Waals surface area contributed by atoms with Crippen molar-refractivity contribution in [3.63, 3.8) is 0 Å². The molecule has 0 unspecified atom stereocenters. The van der Waals surface area contributed by atoms with Gasteiger partial charge in [0, 0.05) is 11.4 Å². The van der Waals surface area contributed by atoms with Gasteiger partial charge < -0.3 is 10.6 Å². The first kappa shape index (κ1) is 15.3. The first-order chi connectivity index (χ1) is 9.95. The number of carbonyl (C=O) groups excluding carboxylic acids is 1. The zero-order chi connectivity index (χ0) is 15.4. The van der Waals surface area contributed by atoms with Crippen LogP contribution in [0.2, 0.25) is 5.02 Å². The summed E-state index contributed by atoms with van der Waals surface area (Å²) < 4.78 is 25.8. The van der Waals surface area contributed by atoms with Crippen LogP contribution in [-0.2, 0) is 4.79 Å². The monoisotopic (exact) mass is 310 g/mol. The lowest BCUT2D eigenvalue weighted by molar-refractivity contribution is -0.116. The summed E-state index contributed by atoms with van der Waals surface area (Å²) in [7, 11) is 0. The maximum absolute atomic E-state index is 13.0. The molecule has 0 saturated carbocycles. The minimum atomic E-state index is -0.573. The number of benzene rings is 2. The van der Waals surface area contributed by atoms with Gasteiger partial charge in [0.1, 0.15) is 17.7 Å². The lowest BCUT2D eigenvalue weighted by atomic mass is 10.2. The molecule has 2 aromatic carbocycles. The van der Waals surface area contributed by atoms with E-state index in [4.69, 9.17) is 11.6 Å². The van der Waals surface area contributed by atoms with E-state index in [1.54, 1.807) is 6.92 Å². The maximum atomic E-state index is 13.0. The van der Waals surface area contributed by atoms with Crippen molar-refractivity contribution >= 4 is 28.9 Å². The molecule has 3 nitrogen and oxygen atoms in total. The summed E-state index contributed by atoms with van der Waals surface area (Å²) in [6.07, 6.45) is 0. The number of anilines is 2. The van der Waals surface area contributed by atoms with Crippen molar-refractivity contribution in [3.05, 3.63) is 59.1 Å². The van der Waals surface area contributed by atoms with Crippen molar-refractivity contribution < 1.29 is 13.6 Å². The van der Waals surface area contributed by atoms with Crippen LogP contribution in [0.25, 0.3) is 0 Å². The molecule has 0 aromatic heterocycles. The largest absolute Gasteiger partial charge is 0.374 e. The van der Waals surface area contributed by atoms with Crippen molar-refractivity contribution in [3.8, 4) is 0 Å². The standard InChI is InChI=1S/C15H13ClF2N2O/c1-9(19-12-6-7-14(18)13(16)8-12)15(21)20-11-4-2-10(17)3-5-11/h2-9,19H,1H3,(H,20,21)/t9-/m1/s1. The molecule has 0 fully saturated rings. The van der Waals surface area contributed by atoms with Crippen molar-refractivity contribution in [2.75, 3.05) is 10.6 Å². The molecule has 0 saturated heterocycles. The molecule has 1 atom stereocenters. The highest BCUT2D eigenvalue weighted by Crippen LogP contribution is 2.20. The van der Waals surface area contributed by atoms with Crippen LogP contribution in [0.4, 0.5) is 20.2 Å². The van der Waals surface area contributed by atoms with Gasteiger partial charge in [0.2, 0.25) is 5.91 Å². The van der Waals surface area contributed by atoms with E-state index in [2.05, 4.69) is 10.6 Å². The van der Waals surface area contributed by atoms with Gasteiger partial charge in [0.05, 0.1) is 5.02 Å². The highest BCUT2D eigenvalue weighted by atomic mass is 35.5. The van der Waals surface area contributed by atoms with E-state index >= 15 is 0 Å². The Morgan fingerprint density at radius 3 is 2.33 bits per heavy atom. The molecule has 21 heavy (non-hydrogen) atoms. The van der Waals surface area contributed by atoms with Gasteiger partial charge in [-0.25, -0.2) is 8.78 Å². The van der Waals surface area contributed by atoms with Crippen LogP contribution < -0.4 is 10.6 Å². The van der Waals surface area contributed by atoms with Gasteiger partial charge in [0.15, 0.2) is 0 Å². The van der Waals surface area contributed by atoms with E-state index in [1.165, 1.54) is 42.5 Å².